The minimum absolute atomic E-state index is 0.226. The minimum atomic E-state index is -0.550. The summed E-state index contributed by atoms with van der Waals surface area (Å²) in [5, 5.41) is 0. The van der Waals surface area contributed by atoms with Crippen molar-refractivity contribution >= 4 is 29.9 Å². The van der Waals surface area contributed by atoms with Crippen molar-refractivity contribution < 1.29 is 28.0 Å². The molecular formula is C22H45NO6S. The number of carbonyl (C=O) groups excluding carboxylic acids is 3. The molecule has 0 bridgehead atoms. The van der Waals surface area contributed by atoms with Gasteiger partial charge in [-0.25, -0.2) is 0 Å². The maximum Gasteiger partial charge on any atom is 0.325 e. The van der Waals surface area contributed by atoms with Crippen molar-refractivity contribution in [3.63, 3.8) is 0 Å². The van der Waals surface area contributed by atoms with E-state index in [9.17, 15) is 14.4 Å². The van der Waals surface area contributed by atoms with Crippen LogP contribution in [0.25, 0.3) is 0 Å². The molecular weight excluding hydrogens is 406 g/mol. The number of nitrogens with zero attached hydrogens (tertiary/aromatic N) is 1. The van der Waals surface area contributed by atoms with Crippen LogP contribution in [0.2, 0.25) is 0 Å². The molecule has 0 spiro atoms. The summed E-state index contributed by atoms with van der Waals surface area (Å²) in [5.41, 5.74) is 0. The molecule has 1 amide bonds. The van der Waals surface area contributed by atoms with Crippen molar-refractivity contribution in [1.29, 1.82) is 0 Å². The van der Waals surface area contributed by atoms with Gasteiger partial charge in [0.05, 0.1) is 21.3 Å². The number of unbranched alkanes of at least 4 members (excludes halogenated alkanes) is 7. The number of methoxy groups -OCH3 is 2. The Morgan fingerprint density at radius 2 is 1.07 bits per heavy atom. The first-order valence-corrected chi connectivity index (χ1v) is 12.0. The molecule has 8 heteroatoms. The Bertz CT molecular complexity index is 389. The Morgan fingerprint density at radius 1 is 0.667 bits per heavy atom. The number of rotatable bonds is 16. The average molecular weight is 452 g/mol. The predicted octanol–water partition coefficient (Wildman–Crippen LogP) is 5.02. The zero-order chi connectivity index (χ0) is 23.6. The minimum Gasteiger partial charge on any atom is -0.468 e. The number of hydrogen-bond donors (Lipinski definition) is 0. The Morgan fingerprint density at radius 3 is 1.47 bits per heavy atom. The largest absolute Gasteiger partial charge is 0.468 e. The molecule has 0 saturated carbocycles. The predicted molar refractivity (Wildman–Crippen MR) is 124 cm³/mol. The Kier molecular flexibility index (Phi) is 30.8. The molecule has 0 aromatic carbocycles. The normalized spacial score (nSPS) is 9.43. The molecule has 0 rings (SSSR count). The van der Waals surface area contributed by atoms with E-state index in [1.807, 2.05) is 27.7 Å². The van der Waals surface area contributed by atoms with Crippen LogP contribution in [-0.4, -0.2) is 62.9 Å². The van der Waals surface area contributed by atoms with Gasteiger partial charge in [-0.1, -0.05) is 66.2 Å². The first-order chi connectivity index (χ1) is 14.5. The summed E-state index contributed by atoms with van der Waals surface area (Å²) >= 11 is 1.50. The van der Waals surface area contributed by atoms with Gasteiger partial charge in [-0.15, -0.1) is 0 Å². The van der Waals surface area contributed by atoms with E-state index < -0.39 is 11.9 Å². The lowest BCUT2D eigenvalue weighted by atomic mass is 10.1. The summed E-state index contributed by atoms with van der Waals surface area (Å²) < 4.78 is 14.1. The summed E-state index contributed by atoms with van der Waals surface area (Å²) in [6, 6.07) is 0. The van der Waals surface area contributed by atoms with E-state index in [0.717, 1.165) is 25.0 Å². The lowest BCUT2D eigenvalue weighted by Gasteiger charge is -2.20. The summed E-state index contributed by atoms with van der Waals surface area (Å²) in [6.07, 6.45) is 9.15. The number of carbonyl (C=O) groups is 3. The van der Waals surface area contributed by atoms with Gasteiger partial charge in [0.15, 0.2) is 0 Å². The van der Waals surface area contributed by atoms with Crippen molar-refractivity contribution in [3.8, 4) is 0 Å². The molecule has 30 heavy (non-hydrogen) atoms. The third kappa shape index (κ3) is 23.0. The smallest absolute Gasteiger partial charge is 0.325 e. The van der Waals surface area contributed by atoms with Crippen molar-refractivity contribution in [2.45, 2.75) is 85.5 Å². The summed E-state index contributed by atoms with van der Waals surface area (Å²) in [6.45, 7) is 7.54. The third-order valence-electron chi connectivity index (χ3n) is 3.93. The molecule has 0 fully saturated rings. The van der Waals surface area contributed by atoms with Crippen molar-refractivity contribution in [3.05, 3.63) is 0 Å². The van der Waals surface area contributed by atoms with Crippen LogP contribution in [0.5, 0.6) is 0 Å². The molecule has 0 saturated heterocycles. The summed E-state index contributed by atoms with van der Waals surface area (Å²) in [7, 11) is 4.19. The molecule has 0 aliphatic carbocycles. The van der Waals surface area contributed by atoms with Crippen LogP contribution in [0.4, 0.5) is 0 Å². The fraction of sp³-hybridized carbons (Fsp3) is 0.864. The monoisotopic (exact) mass is 451 g/mol. The van der Waals surface area contributed by atoms with Crippen LogP contribution < -0.4 is 0 Å². The van der Waals surface area contributed by atoms with E-state index in [2.05, 4.69) is 9.47 Å². The second-order valence-electron chi connectivity index (χ2n) is 5.97. The van der Waals surface area contributed by atoms with E-state index >= 15 is 0 Å². The molecule has 0 aliphatic heterocycles. The van der Waals surface area contributed by atoms with Crippen LogP contribution in [0.1, 0.15) is 85.5 Å². The molecule has 0 unspecified atom stereocenters. The maximum absolute atomic E-state index is 12.2. The van der Waals surface area contributed by atoms with Crippen LogP contribution in [-0.2, 0) is 28.0 Å². The van der Waals surface area contributed by atoms with E-state index in [1.165, 1.54) is 63.3 Å². The molecule has 7 nitrogen and oxygen atoms in total. The van der Waals surface area contributed by atoms with E-state index in [-0.39, 0.29) is 19.0 Å². The summed E-state index contributed by atoms with van der Waals surface area (Å²) in [4.78, 5) is 36.2. The SMILES string of the molecule is CC.CC.COSCCCCCCCCCCC(=O)N(CC(=O)OC)CC(=O)OC. The van der Waals surface area contributed by atoms with Crippen molar-refractivity contribution in [1.82, 2.24) is 4.90 Å². The lowest BCUT2D eigenvalue weighted by Crippen LogP contribution is -2.40. The number of esters is 2. The van der Waals surface area contributed by atoms with Crippen molar-refractivity contribution in [2.24, 2.45) is 0 Å². The number of ether oxygens (including phenoxy) is 2. The van der Waals surface area contributed by atoms with Crippen LogP contribution >= 0.6 is 12.0 Å². The second-order valence-corrected chi connectivity index (χ2v) is 6.95. The highest BCUT2D eigenvalue weighted by Gasteiger charge is 2.20. The van der Waals surface area contributed by atoms with Crippen molar-refractivity contribution in [2.75, 3.05) is 40.2 Å². The first kappa shape index (κ1) is 33.4. The topological polar surface area (TPSA) is 82.1 Å². The number of amides is 1. The van der Waals surface area contributed by atoms with Gasteiger partial charge in [0.1, 0.15) is 13.1 Å². The third-order valence-corrected chi connectivity index (χ3v) is 4.63. The van der Waals surface area contributed by atoms with Gasteiger partial charge in [-0.3, -0.25) is 14.4 Å². The van der Waals surface area contributed by atoms with Crippen LogP contribution in [0.3, 0.4) is 0 Å². The Balaban J connectivity index is -0.00000171. The van der Waals surface area contributed by atoms with Gasteiger partial charge in [-0.2, -0.15) is 0 Å². The quantitative estimate of drug-likeness (QED) is 0.185. The standard InChI is InChI=1S/C18H33NO6S.2C2H6/c1-23-17(21)14-19(15-18(22)24-2)16(20)12-10-8-6-4-5-7-9-11-13-26-25-3;2*1-2/h4-15H2,1-3H3;2*1-2H3. The molecule has 0 atom stereocenters. The molecule has 0 aromatic heterocycles. The van der Waals surface area contributed by atoms with Gasteiger partial charge in [-0.05, 0) is 24.9 Å². The highest BCUT2D eigenvalue weighted by atomic mass is 32.2. The Hall–Kier alpha value is -1.28. The number of hydrogen-bond acceptors (Lipinski definition) is 7. The zero-order valence-corrected chi connectivity index (χ0v) is 21.1. The maximum atomic E-state index is 12.2. The summed E-state index contributed by atoms with van der Waals surface area (Å²) in [5.74, 6) is -0.277. The highest BCUT2D eigenvalue weighted by Crippen LogP contribution is 2.12. The molecule has 0 N–H and O–H groups in total. The Labute approximate surface area is 188 Å². The van der Waals surface area contributed by atoms with Gasteiger partial charge < -0.3 is 18.6 Å². The van der Waals surface area contributed by atoms with Gasteiger partial charge in [0, 0.05) is 12.2 Å². The molecule has 0 radical (unpaired) electrons. The lowest BCUT2D eigenvalue weighted by molar-refractivity contribution is -0.152. The molecule has 0 aromatic rings. The molecule has 0 heterocycles. The van der Waals surface area contributed by atoms with E-state index in [4.69, 9.17) is 4.18 Å². The fourth-order valence-corrected chi connectivity index (χ4v) is 2.90. The zero-order valence-electron chi connectivity index (χ0n) is 20.3. The van der Waals surface area contributed by atoms with Gasteiger partial charge in [0.2, 0.25) is 5.91 Å². The van der Waals surface area contributed by atoms with Crippen LogP contribution in [0, 0.1) is 0 Å². The highest BCUT2D eigenvalue weighted by molar-refractivity contribution is 7.94. The van der Waals surface area contributed by atoms with E-state index in [1.54, 1.807) is 7.11 Å². The van der Waals surface area contributed by atoms with Gasteiger partial charge in [0.25, 0.3) is 0 Å². The first-order valence-electron chi connectivity index (χ1n) is 11.1. The second kappa shape index (κ2) is 27.7. The average Bonchev–Trinajstić information content (AvgIpc) is 2.79. The van der Waals surface area contributed by atoms with Gasteiger partial charge >= 0.3 is 11.9 Å². The van der Waals surface area contributed by atoms with E-state index in [0.29, 0.717) is 6.42 Å². The molecule has 0 aliphatic rings. The van der Waals surface area contributed by atoms with Crippen LogP contribution in [0.15, 0.2) is 0 Å². The molecule has 180 valence electrons. The fourth-order valence-electron chi connectivity index (χ4n) is 2.41.